The van der Waals surface area contributed by atoms with Gasteiger partial charge in [-0.2, -0.15) is 0 Å². The maximum atomic E-state index is 12.8. The van der Waals surface area contributed by atoms with Gasteiger partial charge in [0, 0.05) is 30.6 Å². The van der Waals surface area contributed by atoms with Gasteiger partial charge in [0.15, 0.2) is 0 Å². The molecule has 0 amide bonds. The minimum atomic E-state index is -2.51. The van der Waals surface area contributed by atoms with E-state index in [9.17, 15) is 4.21 Å². The van der Waals surface area contributed by atoms with Crippen molar-refractivity contribution in [3.05, 3.63) is 53.9 Å². The van der Waals surface area contributed by atoms with E-state index in [4.69, 9.17) is 5.73 Å². The Bertz CT molecular complexity index is 1050. The average molecular weight is 366 g/mol. The lowest BCUT2D eigenvalue weighted by atomic mass is 9.91. The van der Waals surface area contributed by atoms with E-state index >= 15 is 0 Å². The van der Waals surface area contributed by atoms with Crippen molar-refractivity contribution in [2.24, 2.45) is 10.7 Å². The second-order valence-electron chi connectivity index (χ2n) is 6.58. The fourth-order valence-corrected chi connectivity index (χ4v) is 4.74. The first kappa shape index (κ1) is 18.0. The fourth-order valence-electron chi connectivity index (χ4n) is 3.05. The van der Waals surface area contributed by atoms with Gasteiger partial charge in [-0.3, -0.25) is 9.29 Å². The molecule has 5 nitrogen and oxygen atoms in total. The average Bonchev–Trinajstić information content (AvgIpc) is 2.60. The Labute approximate surface area is 155 Å². The van der Waals surface area contributed by atoms with Gasteiger partial charge in [0.2, 0.25) is 5.96 Å². The molecular weight excluding hydrogens is 344 g/mol. The molecule has 0 aliphatic carbocycles. The number of rotatable bonds is 2. The van der Waals surface area contributed by atoms with Crippen LogP contribution >= 0.6 is 0 Å². The van der Waals surface area contributed by atoms with Crippen molar-refractivity contribution in [3.8, 4) is 23.0 Å². The summed E-state index contributed by atoms with van der Waals surface area (Å²) < 4.78 is 14.3. The smallest absolute Gasteiger partial charge is 0.203 e. The van der Waals surface area contributed by atoms with Crippen LogP contribution in [0.5, 0.6) is 0 Å². The first-order chi connectivity index (χ1) is 12.2. The highest BCUT2D eigenvalue weighted by Gasteiger charge is 2.36. The van der Waals surface area contributed by atoms with Crippen LogP contribution in [0.15, 0.2) is 47.7 Å². The van der Waals surface area contributed by atoms with E-state index in [1.807, 2.05) is 37.3 Å². The molecule has 1 unspecified atom stereocenters. The van der Waals surface area contributed by atoms with Gasteiger partial charge < -0.3 is 5.73 Å². The Morgan fingerprint density at radius 1 is 1.31 bits per heavy atom. The number of nitrogens with two attached hydrogens (primary N) is 1. The Balaban J connectivity index is 2.07. The quantitative estimate of drug-likeness (QED) is 0.654. The van der Waals surface area contributed by atoms with E-state index in [2.05, 4.69) is 27.7 Å². The molecule has 0 fully saturated rings. The highest BCUT2D eigenvalue weighted by Crippen LogP contribution is 2.33. The van der Waals surface area contributed by atoms with Gasteiger partial charge in [-0.05, 0) is 43.0 Å². The summed E-state index contributed by atoms with van der Waals surface area (Å²) in [7, 11) is -0.848. The van der Waals surface area contributed by atoms with Crippen molar-refractivity contribution >= 4 is 21.5 Å². The number of aliphatic imine (C=N–C) groups is 1. The van der Waals surface area contributed by atoms with Crippen LogP contribution in [0.25, 0.3) is 11.1 Å². The van der Waals surface area contributed by atoms with Crippen molar-refractivity contribution in [2.45, 2.75) is 19.4 Å². The Hall–Kier alpha value is -2.78. The SMILES string of the molecule is C=S1(=O)C[C@@](C)(c2cccc(-c3cncc(C#CC)c3)c2)N=C(N)N1C. The van der Waals surface area contributed by atoms with Crippen LogP contribution in [0.1, 0.15) is 25.0 Å². The Kier molecular flexibility index (Phi) is 4.51. The molecule has 0 saturated heterocycles. The molecule has 1 aromatic heterocycles. The van der Waals surface area contributed by atoms with E-state index < -0.39 is 15.2 Å². The molecule has 0 spiro atoms. The Morgan fingerprint density at radius 3 is 2.77 bits per heavy atom. The summed E-state index contributed by atoms with van der Waals surface area (Å²) in [6, 6.07) is 9.99. The number of nitrogens with zero attached hydrogens (tertiary/aromatic N) is 3. The van der Waals surface area contributed by atoms with Crippen LogP contribution in [0, 0.1) is 11.8 Å². The number of hydrogen-bond acceptors (Lipinski definition) is 4. The molecule has 2 N–H and O–H groups in total. The minimum absolute atomic E-state index is 0.242. The van der Waals surface area contributed by atoms with Crippen LogP contribution in [0.3, 0.4) is 0 Å². The zero-order valence-corrected chi connectivity index (χ0v) is 16.0. The third-order valence-electron chi connectivity index (χ3n) is 4.52. The molecule has 0 saturated carbocycles. The zero-order chi connectivity index (χ0) is 18.9. The van der Waals surface area contributed by atoms with Crippen molar-refractivity contribution in [1.29, 1.82) is 0 Å². The van der Waals surface area contributed by atoms with Crippen LogP contribution in [-0.2, 0) is 15.2 Å². The molecule has 6 heteroatoms. The lowest BCUT2D eigenvalue weighted by molar-refractivity contribution is 0.514. The monoisotopic (exact) mass is 366 g/mol. The fraction of sp³-hybridized carbons (Fsp3) is 0.250. The van der Waals surface area contributed by atoms with Crippen molar-refractivity contribution in [3.63, 3.8) is 0 Å². The number of pyridine rings is 1. The molecular formula is C20H22N4OS. The summed E-state index contributed by atoms with van der Waals surface area (Å²) in [6.45, 7) is 3.74. The highest BCUT2D eigenvalue weighted by molar-refractivity contribution is 7.98. The molecule has 26 heavy (non-hydrogen) atoms. The maximum absolute atomic E-state index is 12.8. The number of guanidine groups is 1. The van der Waals surface area contributed by atoms with E-state index in [0.29, 0.717) is 5.75 Å². The van der Waals surface area contributed by atoms with Crippen molar-refractivity contribution in [1.82, 2.24) is 9.29 Å². The molecule has 2 atom stereocenters. The Morgan fingerprint density at radius 2 is 2.08 bits per heavy atom. The summed E-state index contributed by atoms with van der Waals surface area (Å²) in [5.74, 6) is 10.3. The van der Waals surface area contributed by atoms with Crippen LogP contribution in [0.2, 0.25) is 0 Å². The summed E-state index contributed by atoms with van der Waals surface area (Å²) >= 11 is 0. The van der Waals surface area contributed by atoms with Crippen LogP contribution in [0.4, 0.5) is 0 Å². The largest absolute Gasteiger partial charge is 0.369 e. The topological polar surface area (TPSA) is 71.6 Å². The normalized spacial score (nSPS) is 25.2. The van der Waals surface area contributed by atoms with Gasteiger partial charge >= 0.3 is 0 Å². The molecule has 1 aliphatic rings. The first-order valence-electron chi connectivity index (χ1n) is 8.18. The second-order valence-corrected chi connectivity index (χ2v) is 8.96. The number of benzene rings is 1. The van der Waals surface area contributed by atoms with Gasteiger partial charge in [-0.15, -0.1) is 5.92 Å². The summed E-state index contributed by atoms with van der Waals surface area (Å²) in [5.41, 5.74) is 9.08. The van der Waals surface area contributed by atoms with E-state index in [-0.39, 0.29) is 5.96 Å². The van der Waals surface area contributed by atoms with Crippen LogP contribution in [-0.4, -0.2) is 38.1 Å². The molecule has 2 aromatic rings. The molecule has 0 bridgehead atoms. The number of aromatic nitrogens is 1. The molecule has 2 heterocycles. The standard InChI is InChI=1S/C20H22N4OS/c1-5-7-15-10-17(13-22-12-15)16-8-6-9-18(11-16)20(2)14-26(4,25)24(3)19(21)23-20/h6,8-13H,4,14H2,1-3H3,(H2,21,23)/t20-,26?/m0/s1. The molecule has 134 valence electrons. The lowest BCUT2D eigenvalue weighted by Crippen LogP contribution is -2.50. The van der Waals surface area contributed by atoms with Gasteiger partial charge in [0.1, 0.15) is 0 Å². The highest BCUT2D eigenvalue weighted by atomic mass is 32.2. The predicted molar refractivity (Wildman–Crippen MR) is 109 cm³/mol. The van der Waals surface area contributed by atoms with E-state index in [1.165, 1.54) is 4.31 Å². The molecule has 0 radical (unpaired) electrons. The summed E-state index contributed by atoms with van der Waals surface area (Å²) in [5, 5.41) is 0. The van der Waals surface area contributed by atoms with Gasteiger partial charge in [0.05, 0.1) is 21.0 Å². The van der Waals surface area contributed by atoms with E-state index in [0.717, 1.165) is 22.3 Å². The maximum Gasteiger partial charge on any atom is 0.203 e. The van der Waals surface area contributed by atoms with Gasteiger partial charge in [0.25, 0.3) is 0 Å². The van der Waals surface area contributed by atoms with Crippen molar-refractivity contribution < 1.29 is 4.21 Å². The molecule has 3 rings (SSSR count). The lowest BCUT2D eigenvalue weighted by Gasteiger charge is -2.37. The van der Waals surface area contributed by atoms with Gasteiger partial charge in [-0.25, -0.2) is 9.20 Å². The third kappa shape index (κ3) is 3.31. The minimum Gasteiger partial charge on any atom is -0.369 e. The van der Waals surface area contributed by atoms with Crippen molar-refractivity contribution in [2.75, 3.05) is 12.8 Å². The molecule has 1 aliphatic heterocycles. The van der Waals surface area contributed by atoms with Crippen LogP contribution < -0.4 is 5.73 Å². The van der Waals surface area contributed by atoms with Gasteiger partial charge in [-0.1, -0.05) is 24.1 Å². The molecule has 1 aromatic carbocycles. The number of hydrogen-bond donors (Lipinski definition) is 1. The second kappa shape index (κ2) is 6.50. The summed E-state index contributed by atoms with van der Waals surface area (Å²) in [6.07, 6.45) is 3.55. The summed E-state index contributed by atoms with van der Waals surface area (Å²) in [4.78, 5) is 8.88. The predicted octanol–water partition coefficient (Wildman–Crippen LogP) is 2.23. The zero-order valence-electron chi connectivity index (χ0n) is 15.2. The first-order valence-corrected chi connectivity index (χ1v) is 10.0. The van der Waals surface area contributed by atoms with E-state index in [1.54, 1.807) is 26.4 Å². The third-order valence-corrected chi connectivity index (χ3v) is 6.71.